The smallest absolute Gasteiger partial charge is 0.258 e. The monoisotopic (exact) mass is 362 g/mol. The van der Waals surface area contributed by atoms with E-state index in [9.17, 15) is 4.79 Å². The molecule has 0 aliphatic rings. The first-order chi connectivity index (χ1) is 12.6. The summed E-state index contributed by atoms with van der Waals surface area (Å²) in [5.74, 6) is 0.586. The largest absolute Gasteiger partial charge is 0.295 e. The van der Waals surface area contributed by atoms with Crippen LogP contribution in [0.15, 0.2) is 71.0 Å². The number of aromatic nitrogens is 4. The molecule has 0 spiro atoms. The van der Waals surface area contributed by atoms with E-state index in [1.54, 1.807) is 34.6 Å². The Hall–Kier alpha value is -2.86. The lowest BCUT2D eigenvalue weighted by Crippen LogP contribution is -2.15. The van der Waals surface area contributed by atoms with Crippen LogP contribution < -0.4 is 5.56 Å². The number of imidazole rings is 1. The van der Waals surface area contributed by atoms with Gasteiger partial charge in [0.1, 0.15) is 5.65 Å². The summed E-state index contributed by atoms with van der Waals surface area (Å²) in [6.07, 6.45) is 5.51. The van der Waals surface area contributed by atoms with E-state index in [-0.39, 0.29) is 5.56 Å². The summed E-state index contributed by atoms with van der Waals surface area (Å²) in [7, 11) is 0. The molecule has 0 N–H and O–H groups in total. The molecule has 130 valence electrons. The molecular weight excluding hydrogens is 344 g/mol. The molecule has 0 fully saturated rings. The summed E-state index contributed by atoms with van der Waals surface area (Å²) < 4.78 is 3.63. The molecule has 3 aromatic heterocycles. The van der Waals surface area contributed by atoms with E-state index in [4.69, 9.17) is 0 Å². The Morgan fingerprint density at radius 3 is 2.77 bits per heavy atom. The van der Waals surface area contributed by atoms with Gasteiger partial charge in [0.25, 0.3) is 5.56 Å². The lowest BCUT2D eigenvalue weighted by atomic mass is 10.2. The fourth-order valence-electron chi connectivity index (χ4n) is 2.88. The van der Waals surface area contributed by atoms with Gasteiger partial charge in [-0.05, 0) is 43.2 Å². The van der Waals surface area contributed by atoms with Gasteiger partial charge in [0, 0.05) is 30.4 Å². The topological polar surface area (TPSA) is 52.2 Å². The molecule has 0 aliphatic carbocycles. The standard InChI is InChI=1S/C20H18N4OS/c1-14-7-9-24-18(11-14)22-16(12-19(24)25)13-26-20-21-8-10-23(20)17-6-4-3-5-15(17)2/h3-12H,13H2,1-2H3. The van der Waals surface area contributed by atoms with Crippen molar-refractivity contribution in [2.45, 2.75) is 24.8 Å². The minimum Gasteiger partial charge on any atom is -0.295 e. The number of hydrogen-bond acceptors (Lipinski definition) is 4. The lowest BCUT2D eigenvalue weighted by Gasteiger charge is -2.10. The van der Waals surface area contributed by atoms with Crippen molar-refractivity contribution in [3.63, 3.8) is 0 Å². The van der Waals surface area contributed by atoms with E-state index in [0.29, 0.717) is 11.4 Å². The molecule has 0 amide bonds. The minimum absolute atomic E-state index is 0.0622. The molecular formula is C20H18N4OS. The van der Waals surface area contributed by atoms with E-state index in [1.807, 2.05) is 37.4 Å². The number of pyridine rings is 1. The van der Waals surface area contributed by atoms with Crippen LogP contribution in [0.25, 0.3) is 11.3 Å². The third-order valence-corrected chi connectivity index (χ3v) is 5.21. The molecule has 0 radical (unpaired) electrons. The summed E-state index contributed by atoms with van der Waals surface area (Å²) in [6.45, 7) is 4.07. The van der Waals surface area contributed by atoms with Gasteiger partial charge >= 0.3 is 0 Å². The first-order valence-corrected chi connectivity index (χ1v) is 9.31. The number of hydrogen-bond donors (Lipinski definition) is 0. The fraction of sp³-hybridized carbons (Fsp3) is 0.150. The van der Waals surface area contributed by atoms with Gasteiger partial charge in [0.05, 0.1) is 11.4 Å². The van der Waals surface area contributed by atoms with Crippen LogP contribution in [0.4, 0.5) is 0 Å². The van der Waals surface area contributed by atoms with E-state index in [1.165, 1.54) is 5.56 Å². The first kappa shape index (κ1) is 16.6. The third kappa shape index (κ3) is 3.15. The van der Waals surface area contributed by atoms with Crippen LogP contribution in [0.5, 0.6) is 0 Å². The lowest BCUT2D eigenvalue weighted by molar-refractivity contribution is 0.886. The molecule has 26 heavy (non-hydrogen) atoms. The summed E-state index contributed by atoms with van der Waals surface area (Å²) in [4.78, 5) is 21.4. The van der Waals surface area contributed by atoms with E-state index in [0.717, 1.165) is 22.1 Å². The van der Waals surface area contributed by atoms with Crippen LogP contribution in [-0.4, -0.2) is 18.9 Å². The Balaban J connectivity index is 1.63. The Kier molecular flexibility index (Phi) is 4.34. The molecule has 1 aromatic carbocycles. The predicted octanol–water partition coefficient (Wildman–Crippen LogP) is 3.79. The zero-order valence-corrected chi connectivity index (χ0v) is 15.4. The van der Waals surface area contributed by atoms with Crippen LogP contribution in [0.3, 0.4) is 0 Å². The van der Waals surface area contributed by atoms with Gasteiger partial charge in [-0.3, -0.25) is 13.8 Å². The number of rotatable bonds is 4. The van der Waals surface area contributed by atoms with Crippen molar-refractivity contribution in [3.8, 4) is 5.69 Å². The van der Waals surface area contributed by atoms with Gasteiger partial charge < -0.3 is 0 Å². The number of benzene rings is 1. The van der Waals surface area contributed by atoms with Gasteiger partial charge in [-0.1, -0.05) is 30.0 Å². The van der Waals surface area contributed by atoms with Gasteiger partial charge in [0.2, 0.25) is 0 Å². The first-order valence-electron chi connectivity index (χ1n) is 8.33. The maximum atomic E-state index is 12.3. The highest BCUT2D eigenvalue weighted by molar-refractivity contribution is 7.98. The van der Waals surface area contributed by atoms with E-state index < -0.39 is 0 Å². The molecule has 5 nitrogen and oxygen atoms in total. The third-order valence-electron chi connectivity index (χ3n) is 4.21. The SMILES string of the molecule is Cc1ccn2c(=O)cc(CSc3nccn3-c3ccccc3C)nc2c1. The fourth-order valence-corrected chi connectivity index (χ4v) is 3.74. The van der Waals surface area contributed by atoms with Crippen molar-refractivity contribution in [2.75, 3.05) is 0 Å². The van der Waals surface area contributed by atoms with Crippen LogP contribution in [0.1, 0.15) is 16.8 Å². The number of thioether (sulfide) groups is 1. The molecule has 0 atom stereocenters. The number of para-hydroxylation sites is 1. The zero-order valence-electron chi connectivity index (χ0n) is 14.6. The molecule has 6 heteroatoms. The maximum Gasteiger partial charge on any atom is 0.258 e. The van der Waals surface area contributed by atoms with Crippen molar-refractivity contribution in [2.24, 2.45) is 0 Å². The molecule has 4 rings (SSSR count). The van der Waals surface area contributed by atoms with Gasteiger partial charge in [-0.15, -0.1) is 0 Å². The highest BCUT2D eigenvalue weighted by Crippen LogP contribution is 2.24. The second-order valence-electron chi connectivity index (χ2n) is 6.17. The maximum absolute atomic E-state index is 12.3. The summed E-state index contributed by atoms with van der Waals surface area (Å²) in [5.41, 5.74) is 4.74. The van der Waals surface area contributed by atoms with E-state index >= 15 is 0 Å². The molecule has 0 aliphatic heterocycles. The summed E-state index contributed by atoms with van der Waals surface area (Å²) in [6, 6.07) is 13.6. The molecule has 0 saturated heterocycles. The van der Waals surface area contributed by atoms with Gasteiger partial charge in [-0.2, -0.15) is 0 Å². The van der Waals surface area contributed by atoms with Crippen molar-refractivity contribution in [1.29, 1.82) is 0 Å². The number of aryl methyl sites for hydroxylation is 2. The van der Waals surface area contributed by atoms with Crippen LogP contribution in [0.2, 0.25) is 0 Å². The van der Waals surface area contributed by atoms with Gasteiger partial charge in [0.15, 0.2) is 5.16 Å². The number of fused-ring (bicyclic) bond motifs is 1. The molecule has 0 bridgehead atoms. The second kappa shape index (κ2) is 6.80. The number of nitrogens with zero attached hydrogens (tertiary/aromatic N) is 4. The molecule has 3 heterocycles. The Bertz CT molecular complexity index is 1150. The van der Waals surface area contributed by atoms with E-state index in [2.05, 4.69) is 33.6 Å². The second-order valence-corrected chi connectivity index (χ2v) is 7.12. The molecule has 0 unspecified atom stereocenters. The van der Waals surface area contributed by atoms with Crippen molar-refractivity contribution in [1.82, 2.24) is 18.9 Å². The Morgan fingerprint density at radius 1 is 1.08 bits per heavy atom. The zero-order chi connectivity index (χ0) is 18.1. The van der Waals surface area contributed by atoms with Crippen molar-refractivity contribution >= 4 is 17.4 Å². The van der Waals surface area contributed by atoms with Crippen LogP contribution in [0, 0.1) is 13.8 Å². The van der Waals surface area contributed by atoms with Crippen LogP contribution in [-0.2, 0) is 5.75 Å². The Morgan fingerprint density at radius 2 is 1.92 bits per heavy atom. The average Bonchev–Trinajstić information content (AvgIpc) is 3.08. The summed E-state index contributed by atoms with van der Waals surface area (Å²) >= 11 is 1.57. The van der Waals surface area contributed by atoms with Crippen LogP contribution >= 0.6 is 11.8 Å². The minimum atomic E-state index is -0.0622. The predicted molar refractivity (Wildman–Crippen MR) is 104 cm³/mol. The molecule has 0 saturated carbocycles. The van der Waals surface area contributed by atoms with Crippen molar-refractivity contribution < 1.29 is 0 Å². The summed E-state index contributed by atoms with van der Waals surface area (Å²) in [5, 5.41) is 0.880. The molecule has 4 aromatic rings. The highest BCUT2D eigenvalue weighted by Gasteiger charge is 2.09. The highest BCUT2D eigenvalue weighted by atomic mass is 32.2. The average molecular weight is 362 g/mol. The normalized spacial score (nSPS) is 11.2. The Labute approximate surface area is 155 Å². The quantitative estimate of drug-likeness (QED) is 0.518. The van der Waals surface area contributed by atoms with Gasteiger partial charge in [-0.25, -0.2) is 9.97 Å². The van der Waals surface area contributed by atoms with Crippen molar-refractivity contribution in [3.05, 3.63) is 88.2 Å².